The Morgan fingerprint density at radius 3 is 2.21 bits per heavy atom. The van der Waals surface area contributed by atoms with E-state index < -0.39 is 0 Å². The van der Waals surface area contributed by atoms with Crippen LogP contribution in [0.3, 0.4) is 0 Å². The Kier molecular flexibility index (Phi) is 6.40. The standard InChI is InChI=1S/C28H29N3O2/c1-32-26-15-9-8-14-25(26)31-18-16-30(17-19-31)21-27-24(20-22-10-4-2-5-11-22)29-28(33-27)23-12-6-3-7-13-23/h2-15H,16-21H2,1H3. The van der Waals surface area contributed by atoms with Crippen LogP contribution >= 0.6 is 0 Å². The monoisotopic (exact) mass is 439 g/mol. The van der Waals surface area contributed by atoms with Crippen LogP contribution in [0.1, 0.15) is 17.0 Å². The van der Waals surface area contributed by atoms with Gasteiger partial charge >= 0.3 is 0 Å². The molecule has 0 aliphatic carbocycles. The molecule has 1 aliphatic heterocycles. The van der Waals surface area contributed by atoms with Crippen LogP contribution in [-0.4, -0.2) is 43.2 Å². The molecule has 3 aromatic carbocycles. The lowest BCUT2D eigenvalue weighted by Gasteiger charge is -2.36. The van der Waals surface area contributed by atoms with Gasteiger partial charge in [-0.1, -0.05) is 60.7 Å². The summed E-state index contributed by atoms with van der Waals surface area (Å²) in [6.07, 6.45) is 0.772. The Bertz CT molecular complexity index is 1170. The van der Waals surface area contributed by atoms with E-state index in [1.54, 1.807) is 7.11 Å². The van der Waals surface area contributed by atoms with Crippen molar-refractivity contribution in [3.63, 3.8) is 0 Å². The molecule has 0 radical (unpaired) electrons. The molecule has 0 bridgehead atoms. The Balaban J connectivity index is 1.33. The average Bonchev–Trinajstić information content (AvgIpc) is 3.27. The zero-order valence-electron chi connectivity index (χ0n) is 19.0. The van der Waals surface area contributed by atoms with Gasteiger partial charge in [0.05, 0.1) is 25.0 Å². The van der Waals surface area contributed by atoms with Gasteiger partial charge in [-0.2, -0.15) is 0 Å². The molecule has 0 atom stereocenters. The highest BCUT2D eigenvalue weighted by Crippen LogP contribution is 2.29. The van der Waals surface area contributed by atoms with Gasteiger partial charge in [0.2, 0.25) is 5.89 Å². The summed E-state index contributed by atoms with van der Waals surface area (Å²) in [6.45, 7) is 4.60. The number of anilines is 1. The van der Waals surface area contributed by atoms with Crippen LogP contribution in [0.15, 0.2) is 89.3 Å². The molecule has 33 heavy (non-hydrogen) atoms. The molecule has 0 N–H and O–H groups in total. The maximum atomic E-state index is 6.34. The minimum Gasteiger partial charge on any atom is -0.495 e. The van der Waals surface area contributed by atoms with E-state index in [0.717, 1.165) is 67.6 Å². The molecule has 1 saturated heterocycles. The van der Waals surface area contributed by atoms with Crippen molar-refractivity contribution in [3.8, 4) is 17.2 Å². The number of methoxy groups -OCH3 is 1. The normalized spacial score (nSPS) is 14.4. The number of benzene rings is 3. The lowest BCUT2D eigenvalue weighted by Crippen LogP contribution is -2.46. The molecule has 1 fully saturated rings. The number of nitrogens with zero attached hydrogens (tertiary/aromatic N) is 3. The van der Waals surface area contributed by atoms with Crippen LogP contribution in [0.2, 0.25) is 0 Å². The minimum atomic E-state index is 0.698. The van der Waals surface area contributed by atoms with Crippen molar-refractivity contribution in [2.45, 2.75) is 13.0 Å². The fourth-order valence-electron chi connectivity index (χ4n) is 4.38. The first-order valence-corrected chi connectivity index (χ1v) is 11.5. The van der Waals surface area contributed by atoms with Gasteiger partial charge in [-0.05, 0) is 29.8 Å². The maximum Gasteiger partial charge on any atom is 0.226 e. The molecule has 5 nitrogen and oxygen atoms in total. The largest absolute Gasteiger partial charge is 0.495 e. The van der Waals surface area contributed by atoms with Crippen LogP contribution in [0.4, 0.5) is 5.69 Å². The summed E-state index contributed by atoms with van der Waals surface area (Å²) in [7, 11) is 1.73. The van der Waals surface area contributed by atoms with E-state index in [4.69, 9.17) is 14.1 Å². The quantitative estimate of drug-likeness (QED) is 0.393. The Labute approximate surface area is 195 Å². The number of para-hydroxylation sites is 2. The molecule has 0 amide bonds. The Morgan fingerprint density at radius 2 is 1.48 bits per heavy atom. The second-order valence-corrected chi connectivity index (χ2v) is 8.35. The van der Waals surface area contributed by atoms with Gasteiger partial charge in [0, 0.05) is 38.2 Å². The molecule has 2 heterocycles. The molecule has 0 spiro atoms. The second kappa shape index (κ2) is 9.92. The first-order chi connectivity index (χ1) is 16.3. The summed E-state index contributed by atoms with van der Waals surface area (Å²) in [4.78, 5) is 9.76. The van der Waals surface area contributed by atoms with Gasteiger partial charge in [-0.3, -0.25) is 4.90 Å². The maximum absolute atomic E-state index is 6.34. The Hall–Kier alpha value is -3.57. The van der Waals surface area contributed by atoms with Crippen molar-refractivity contribution >= 4 is 5.69 Å². The molecule has 1 aromatic heterocycles. The Morgan fingerprint density at radius 1 is 0.818 bits per heavy atom. The third-order valence-electron chi connectivity index (χ3n) is 6.18. The predicted octanol–water partition coefficient (Wildman–Crippen LogP) is 5.26. The zero-order valence-corrected chi connectivity index (χ0v) is 19.0. The van der Waals surface area contributed by atoms with Crippen molar-refractivity contribution < 1.29 is 9.15 Å². The predicted molar refractivity (Wildman–Crippen MR) is 132 cm³/mol. The van der Waals surface area contributed by atoms with Gasteiger partial charge < -0.3 is 14.1 Å². The SMILES string of the molecule is COc1ccccc1N1CCN(Cc2oc(-c3ccccc3)nc2Cc2ccccc2)CC1. The number of hydrogen-bond donors (Lipinski definition) is 0. The summed E-state index contributed by atoms with van der Waals surface area (Å²) in [6, 6.07) is 28.9. The molecule has 168 valence electrons. The van der Waals surface area contributed by atoms with E-state index in [-0.39, 0.29) is 0 Å². The first-order valence-electron chi connectivity index (χ1n) is 11.5. The van der Waals surface area contributed by atoms with E-state index in [9.17, 15) is 0 Å². The van der Waals surface area contributed by atoms with Crippen LogP contribution in [-0.2, 0) is 13.0 Å². The molecular weight excluding hydrogens is 410 g/mol. The van der Waals surface area contributed by atoms with E-state index in [1.165, 1.54) is 5.56 Å². The molecule has 0 saturated carbocycles. The molecular formula is C28H29N3O2. The lowest BCUT2D eigenvalue weighted by molar-refractivity contribution is 0.230. The summed E-state index contributed by atoms with van der Waals surface area (Å²) in [5.41, 5.74) is 4.44. The summed E-state index contributed by atoms with van der Waals surface area (Å²) < 4.78 is 11.9. The third-order valence-corrected chi connectivity index (χ3v) is 6.18. The van der Waals surface area contributed by atoms with E-state index in [2.05, 4.69) is 46.2 Å². The molecule has 1 aliphatic rings. The number of rotatable bonds is 7. The number of oxazole rings is 1. The molecule has 4 aromatic rings. The highest BCUT2D eigenvalue weighted by atomic mass is 16.5. The van der Waals surface area contributed by atoms with Crippen molar-refractivity contribution in [1.29, 1.82) is 0 Å². The second-order valence-electron chi connectivity index (χ2n) is 8.35. The average molecular weight is 440 g/mol. The van der Waals surface area contributed by atoms with E-state index >= 15 is 0 Å². The topological polar surface area (TPSA) is 41.7 Å². The third kappa shape index (κ3) is 4.94. The van der Waals surface area contributed by atoms with Crippen LogP contribution in [0.25, 0.3) is 11.5 Å². The molecule has 5 heteroatoms. The first kappa shape index (κ1) is 21.3. The number of piperazine rings is 1. The smallest absolute Gasteiger partial charge is 0.226 e. The summed E-state index contributed by atoms with van der Waals surface area (Å²) in [5.74, 6) is 2.59. The number of ether oxygens (including phenoxy) is 1. The molecule has 0 unspecified atom stereocenters. The van der Waals surface area contributed by atoms with Crippen LogP contribution in [0.5, 0.6) is 5.75 Å². The van der Waals surface area contributed by atoms with Gasteiger partial charge in [-0.15, -0.1) is 0 Å². The van der Waals surface area contributed by atoms with Gasteiger partial charge in [-0.25, -0.2) is 4.98 Å². The highest BCUT2D eigenvalue weighted by molar-refractivity contribution is 5.58. The highest BCUT2D eigenvalue weighted by Gasteiger charge is 2.23. The van der Waals surface area contributed by atoms with Crippen LogP contribution in [0, 0.1) is 0 Å². The number of hydrogen-bond acceptors (Lipinski definition) is 5. The zero-order chi connectivity index (χ0) is 22.5. The fraction of sp³-hybridized carbons (Fsp3) is 0.250. The van der Waals surface area contributed by atoms with Crippen LogP contribution < -0.4 is 9.64 Å². The van der Waals surface area contributed by atoms with Crippen molar-refractivity contribution in [1.82, 2.24) is 9.88 Å². The van der Waals surface area contributed by atoms with Gasteiger partial charge in [0.1, 0.15) is 11.5 Å². The van der Waals surface area contributed by atoms with Gasteiger partial charge in [0.25, 0.3) is 0 Å². The van der Waals surface area contributed by atoms with E-state index in [0.29, 0.717) is 5.89 Å². The van der Waals surface area contributed by atoms with Crippen molar-refractivity contribution in [2.75, 3.05) is 38.2 Å². The van der Waals surface area contributed by atoms with Crippen molar-refractivity contribution in [3.05, 3.63) is 102 Å². The minimum absolute atomic E-state index is 0.698. The summed E-state index contributed by atoms with van der Waals surface area (Å²) in [5, 5.41) is 0. The molecule has 5 rings (SSSR count). The summed E-state index contributed by atoms with van der Waals surface area (Å²) >= 11 is 0. The van der Waals surface area contributed by atoms with Gasteiger partial charge in [0.15, 0.2) is 0 Å². The van der Waals surface area contributed by atoms with E-state index in [1.807, 2.05) is 48.5 Å². The lowest BCUT2D eigenvalue weighted by atomic mass is 10.1. The fourth-order valence-corrected chi connectivity index (χ4v) is 4.38. The number of aromatic nitrogens is 1. The van der Waals surface area contributed by atoms with Crippen molar-refractivity contribution in [2.24, 2.45) is 0 Å².